The van der Waals surface area contributed by atoms with Crippen LogP contribution in [0.15, 0.2) is 53.3 Å². The van der Waals surface area contributed by atoms with Gasteiger partial charge in [0.05, 0.1) is 16.7 Å². The number of halogens is 1. The lowest BCUT2D eigenvalue weighted by Crippen LogP contribution is -2.04. The lowest BCUT2D eigenvalue weighted by Gasteiger charge is -2.04. The molecule has 0 atom stereocenters. The Morgan fingerprint density at radius 3 is 2.63 bits per heavy atom. The van der Waals surface area contributed by atoms with Crippen molar-refractivity contribution in [2.45, 2.75) is 0 Å². The Kier molecular flexibility index (Phi) is 4.41. The van der Waals surface area contributed by atoms with Crippen LogP contribution in [0.3, 0.4) is 0 Å². The average Bonchev–Trinajstić information content (AvgIpc) is 3.16. The van der Waals surface area contributed by atoms with Crippen molar-refractivity contribution < 1.29 is 9.36 Å². The van der Waals surface area contributed by atoms with Crippen LogP contribution in [-0.2, 0) is 9.36 Å². The smallest absolute Gasteiger partial charge is 0.256 e. The first-order valence-corrected chi connectivity index (χ1v) is 11.7. The molecule has 5 nitrogen and oxygen atoms in total. The van der Waals surface area contributed by atoms with Gasteiger partial charge >= 0.3 is 0 Å². The van der Waals surface area contributed by atoms with Gasteiger partial charge in [-0.05, 0) is 59.1 Å². The number of H-pyrrole nitrogens is 1. The predicted octanol–water partition coefficient (Wildman–Crippen LogP) is 4.58. The predicted molar refractivity (Wildman–Crippen MR) is 114 cm³/mol. The summed E-state index contributed by atoms with van der Waals surface area (Å²) < 4.78 is 13.1. The van der Waals surface area contributed by atoms with E-state index < -0.39 is 7.14 Å². The highest BCUT2D eigenvalue weighted by atomic mass is 79.9. The van der Waals surface area contributed by atoms with Crippen molar-refractivity contribution in [1.29, 1.82) is 0 Å². The average molecular weight is 442 g/mol. The van der Waals surface area contributed by atoms with E-state index in [9.17, 15) is 9.36 Å². The first-order chi connectivity index (χ1) is 12.8. The molecule has 0 bridgehead atoms. The summed E-state index contributed by atoms with van der Waals surface area (Å²) >= 11 is 3.48. The van der Waals surface area contributed by atoms with E-state index >= 15 is 0 Å². The van der Waals surface area contributed by atoms with E-state index in [4.69, 9.17) is 0 Å². The number of benzene rings is 1. The second-order valence-electron chi connectivity index (χ2n) is 6.78. The van der Waals surface area contributed by atoms with E-state index in [1.54, 1.807) is 31.8 Å². The van der Waals surface area contributed by atoms with E-state index in [1.165, 1.54) is 0 Å². The maximum absolute atomic E-state index is 12.5. The SMILES string of the molecule is CP(C)(=O)c1cc(Br)c(/C=C2/C(=O)Nc3cc(-c4cccnc4)ccc32)[nH]1. The fourth-order valence-corrected chi connectivity index (χ4v) is 4.47. The fraction of sp³-hybridized carbons (Fsp3) is 0.100. The number of aromatic nitrogens is 2. The number of rotatable bonds is 3. The Morgan fingerprint density at radius 2 is 1.96 bits per heavy atom. The van der Waals surface area contributed by atoms with Crippen molar-refractivity contribution in [3.8, 4) is 11.1 Å². The first kappa shape index (κ1) is 18.0. The van der Waals surface area contributed by atoms with Gasteiger partial charge < -0.3 is 14.9 Å². The van der Waals surface area contributed by atoms with Gasteiger partial charge in [-0.1, -0.05) is 18.2 Å². The third kappa shape index (κ3) is 3.43. The number of carbonyl (C=O) groups is 1. The molecule has 1 aliphatic heterocycles. The highest BCUT2D eigenvalue weighted by Gasteiger charge is 2.25. The normalized spacial score (nSPS) is 15.1. The number of anilines is 1. The molecule has 0 saturated carbocycles. The third-order valence-corrected chi connectivity index (χ3v) is 6.51. The molecule has 3 aromatic rings. The molecule has 0 spiro atoms. The number of fused-ring (bicyclic) bond motifs is 1. The van der Waals surface area contributed by atoms with E-state index in [0.717, 1.165) is 32.5 Å². The second kappa shape index (κ2) is 6.63. The van der Waals surface area contributed by atoms with Crippen molar-refractivity contribution >= 4 is 51.8 Å². The summed E-state index contributed by atoms with van der Waals surface area (Å²) in [5.41, 5.74) is 5.56. The lowest BCUT2D eigenvalue weighted by atomic mass is 10.0. The quantitative estimate of drug-likeness (QED) is 0.461. The number of aromatic amines is 1. The summed E-state index contributed by atoms with van der Waals surface area (Å²) in [6, 6.07) is 11.5. The van der Waals surface area contributed by atoms with Crippen molar-refractivity contribution in [3.63, 3.8) is 0 Å². The molecule has 136 valence electrons. The van der Waals surface area contributed by atoms with E-state index in [2.05, 4.69) is 31.2 Å². The first-order valence-electron chi connectivity index (χ1n) is 8.35. The van der Waals surface area contributed by atoms with Crippen LogP contribution in [0.1, 0.15) is 11.3 Å². The Hall–Kier alpha value is -2.43. The summed E-state index contributed by atoms with van der Waals surface area (Å²) in [6.07, 6.45) is 5.31. The van der Waals surface area contributed by atoms with Gasteiger partial charge in [0.1, 0.15) is 7.14 Å². The van der Waals surface area contributed by atoms with Gasteiger partial charge in [-0.15, -0.1) is 0 Å². The van der Waals surface area contributed by atoms with Gasteiger partial charge in [-0.2, -0.15) is 0 Å². The third-order valence-electron chi connectivity index (χ3n) is 4.45. The Balaban J connectivity index is 1.75. The van der Waals surface area contributed by atoms with E-state index in [1.807, 2.05) is 36.4 Å². The summed E-state index contributed by atoms with van der Waals surface area (Å²) in [6.45, 7) is 3.42. The number of nitrogens with one attached hydrogen (secondary N) is 2. The van der Waals surface area contributed by atoms with Crippen LogP contribution >= 0.6 is 23.1 Å². The van der Waals surface area contributed by atoms with Crippen LogP contribution in [0.5, 0.6) is 0 Å². The van der Waals surface area contributed by atoms with Crippen LogP contribution in [0.25, 0.3) is 22.8 Å². The number of pyridine rings is 1. The number of amides is 1. The zero-order chi connectivity index (χ0) is 19.2. The van der Waals surface area contributed by atoms with Gasteiger partial charge in [0.25, 0.3) is 5.91 Å². The van der Waals surface area contributed by atoms with E-state index in [-0.39, 0.29) is 5.91 Å². The summed E-state index contributed by atoms with van der Waals surface area (Å²) in [5.74, 6) is -0.160. The van der Waals surface area contributed by atoms with Crippen molar-refractivity contribution in [1.82, 2.24) is 9.97 Å². The Labute approximate surface area is 165 Å². The monoisotopic (exact) mass is 441 g/mol. The summed E-state index contributed by atoms with van der Waals surface area (Å²) in [7, 11) is -2.41. The standard InChI is InChI=1S/C20H17BrN3O2P/c1-27(2,26)19-10-16(21)18(23-19)9-15-14-6-5-12(8-17(14)24-20(15)25)13-4-3-7-22-11-13/h3-11,23H,1-2H3,(H,24,25)/b15-9+. The van der Waals surface area contributed by atoms with Gasteiger partial charge in [-0.25, -0.2) is 0 Å². The molecular formula is C20H17BrN3O2P. The minimum Gasteiger partial charge on any atom is -0.352 e. The van der Waals surface area contributed by atoms with Crippen molar-refractivity contribution in [3.05, 3.63) is 64.5 Å². The molecule has 1 aliphatic rings. The topological polar surface area (TPSA) is 74.8 Å². The summed E-state index contributed by atoms with van der Waals surface area (Å²) in [4.78, 5) is 19.8. The molecule has 2 aromatic heterocycles. The highest BCUT2D eigenvalue weighted by Crippen LogP contribution is 2.39. The minimum absolute atomic E-state index is 0.160. The Bertz CT molecular complexity index is 1130. The van der Waals surface area contributed by atoms with Gasteiger partial charge in [0.15, 0.2) is 0 Å². The van der Waals surface area contributed by atoms with Gasteiger partial charge in [0, 0.05) is 33.7 Å². The minimum atomic E-state index is -2.41. The molecule has 1 aromatic carbocycles. The largest absolute Gasteiger partial charge is 0.352 e. The van der Waals surface area contributed by atoms with Crippen LogP contribution in [0, 0.1) is 0 Å². The number of hydrogen-bond acceptors (Lipinski definition) is 3. The second-order valence-corrected chi connectivity index (χ2v) is 10.8. The maximum atomic E-state index is 12.5. The molecular weight excluding hydrogens is 425 g/mol. The fourth-order valence-electron chi connectivity index (χ4n) is 3.02. The zero-order valence-corrected chi connectivity index (χ0v) is 17.3. The van der Waals surface area contributed by atoms with Crippen LogP contribution in [-0.4, -0.2) is 29.2 Å². The van der Waals surface area contributed by atoms with Crippen LogP contribution in [0.2, 0.25) is 0 Å². The molecule has 0 radical (unpaired) electrons. The van der Waals surface area contributed by atoms with Gasteiger partial charge in [0.2, 0.25) is 0 Å². The van der Waals surface area contributed by atoms with Crippen LogP contribution < -0.4 is 10.8 Å². The Morgan fingerprint density at radius 1 is 1.15 bits per heavy atom. The molecule has 1 amide bonds. The molecule has 0 saturated heterocycles. The maximum Gasteiger partial charge on any atom is 0.256 e. The molecule has 0 aliphatic carbocycles. The number of nitrogens with zero attached hydrogens (tertiary/aromatic N) is 1. The molecule has 3 heterocycles. The molecule has 0 unspecified atom stereocenters. The number of carbonyl (C=O) groups excluding carboxylic acids is 1. The number of hydrogen-bond donors (Lipinski definition) is 2. The molecule has 0 fully saturated rings. The molecule has 2 N–H and O–H groups in total. The lowest BCUT2D eigenvalue weighted by molar-refractivity contribution is -0.110. The van der Waals surface area contributed by atoms with Crippen LogP contribution in [0.4, 0.5) is 5.69 Å². The van der Waals surface area contributed by atoms with Crippen molar-refractivity contribution in [2.24, 2.45) is 0 Å². The van der Waals surface area contributed by atoms with Gasteiger partial charge in [-0.3, -0.25) is 9.78 Å². The molecule has 7 heteroatoms. The van der Waals surface area contributed by atoms with E-state index in [0.29, 0.717) is 11.0 Å². The highest BCUT2D eigenvalue weighted by molar-refractivity contribution is 9.10. The van der Waals surface area contributed by atoms with Crippen molar-refractivity contribution in [2.75, 3.05) is 18.6 Å². The summed E-state index contributed by atoms with van der Waals surface area (Å²) in [5, 5.41) is 2.92. The molecule has 27 heavy (non-hydrogen) atoms. The molecule has 4 rings (SSSR count). The zero-order valence-electron chi connectivity index (χ0n) is 14.8.